The normalized spacial score (nSPS) is 16.3. The summed E-state index contributed by atoms with van der Waals surface area (Å²) in [7, 11) is 1.65. The maximum absolute atomic E-state index is 12.4. The van der Waals surface area contributed by atoms with Crippen molar-refractivity contribution >= 4 is 17.4 Å². The van der Waals surface area contributed by atoms with Gasteiger partial charge in [0, 0.05) is 25.6 Å². The van der Waals surface area contributed by atoms with Gasteiger partial charge >= 0.3 is 6.03 Å². The molecule has 0 radical (unpaired) electrons. The van der Waals surface area contributed by atoms with Crippen LogP contribution in [0, 0.1) is 0 Å². The minimum Gasteiger partial charge on any atom is -0.497 e. The number of rotatable bonds is 6. The van der Waals surface area contributed by atoms with Gasteiger partial charge in [-0.3, -0.25) is 0 Å². The molecule has 2 aromatic heterocycles. The number of nitrogens with one attached hydrogen (secondary N) is 1. The fourth-order valence-corrected chi connectivity index (χ4v) is 3.92. The van der Waals surface area contributed by atoms with Gasteiger partial charge in [-0.25, -0.2) is 4.79 Å². The molecule has 1 atom stereocenters. The molecule has 1 saturated heterocycles. The summed E-state index contributed by atoms with van der Waals surface area (Å²) < 4.78 is 10.5. The maximum atomic E-state index is 12.4. The molecule has 3 heterocycles. The van der Waals surface area contributed by atoms with Crippen LogP contribution in [-0.2, 0) is 6.42 Å². The molecule has 8 heteroatoms. The summed E-state index contributed by atoms with van der Waals surface area (Å²) in [5.74, 6) is 2.17. The van der Waals surface area contributed by atoms with Gasteiger partial charge in [-0.05, 0) is 42.0 Å². The third-order valence-electron chi connectivity index (χ3n) is 4.86. The number of urea groups is 1. The number of hydrogen-bond acceptors (Lipinski definition) is 6. The lowest BCUT2D eigenvalue weighted by Gasteiger charge is -2.16. The Morgan fingerprint density at radius 3 is 2.96 bits per heavy atom. The minimum atomic E-state index is -0.0435. The number of benzene rings is 1. The molecule has 28 heavy (non-hydrogen) atoms. The van der Waals surface area contributed by atoms with Gasteiger partial charge in [0.1, 0.15) is 5.75 Å². The molecule has 1 aliphatic rings. The van der Waals surface area contributed by atoms with Crippen LogP contribution in [0.2, 0.25) is 0 Å². The highest BCUT2D eigenvalue weighted by atomic mass is 32.1. The average molecular weight is 398 g/mol. The summed E-state index contributed by atoms with van der Waals surface area (Å²) in [6.45, 7) is 1.90. The van der Waals surface area contributed by atoms with Gasteiger partial charge in [0.05, 0.1) is 12.0 Å². The van der Waals surface area contributed by atoms with Crippen LogP contribution < -0.4 is 10.1 Å². The molecule has 1 fully saturated rings. The number of nitrogens with zero attached hydrogens (tertiary/aromatic N) is 3. The van der Waals surface area contributed by atoms with Crippen LogP contribution in [0.1, 0.15) is 23.7 Å². The molecule has 2 amide bonds. The zero-order valence-electron chi connectivity index (χ0n) is 15.6. The van der Waals surface area contributed by atoms with E-state index < -0.39 is 0 Å². The lowest BCUT2D eigenvalue weighted by Crippen LogP contribution is -2.39. The van der Waals surface area contributed by atoms with Crippen molar-refractivity contribution < 1.29 is 14.1 Å². The van der Waals surface area contributed by atoms with Crippen molar-refractivity contribution in [1.29, 1.82) is 0 Å². The Hall–Kier alpha value is -2.87. The van der Waals surface area contributed by atoms with Crippen molar-refractivity contribution in [2.45, 2.75) is 18.8 Å². The number of methoxy groups -OCH3 is 1. The third kappa shape index (κ3) is 4.17. The highest BCUT2D eigenvalue weighted by molar-refractivity contribution is 7.13. The van der Waals surface area contributed by atoms with Crippen molar-refractivity contribution in [2.24, 2.45) is 0 Å². The van der Waals surface area contributed by atoms with Crippen LogP contribution in [0.4, 0.5) is 4.79 Å². The number of amides is 2. The summed E-state index contributed by atoms with van der Waals surface area (Å²) >= 11 is 1.57. The van der Waals surface area contributed by atoms with Gasteiger partial charge in [0.15, 0.2) is 5.82 Å². The average Bonchev–Trinajstić information content (AvgIpc) is 3.49. The Bertz CT molecular complexity index is 908. The van der Waals surface area contributed by atoms with E-state index in [-0.39, 0.29) is 11.9 Å². The standard InChI is InChI=1S/C20H22N4O3S/c1-26-16-6-4-14(5-7-16)8-10-21-20(25)24-11-9-15(13-24)18-22-19(27-23-18)17-3-2-12-28-17/h2-7,12,15H,8-11,13H2,1H3,(H,21,25). The Morgan fingerprint density at radius 1 is 1.36 bits per heavy atom. The van der Waals surface area contributed by atoms with Crippen molar-refractivity contribution in [2.75, 3.05) is 26.7 Å². The van der Waals surface area contributed by atoms with Crippen molar-refractivity contribution in [3.8, 4) is 16.5 Å². The molecule has 7 nitrogen and oxygen atoms in total. The van der Waals surface area contributed by atoms with E-state index in [1.165, 1.54) is 0 Å². The van der Waals surface area contributed by atoms with Gasteiger partial charge < -0.3 is 19.5 Å². The van der Waals surface area contributed by atoms with E-state index in [4.69, 9.17) is 9.26 Å². The highest BCUT2D eigenvalue weighted by Crippen LogP contribution is 2.28. The minimum absolute atomic E-state index is 0.0435. The Kier molecular flexibility index (Phi) is 5.57. The molecule has 1 aliphatic heterocycles. The number of ether oxygens (including phenoxy) is 1. The molecular weight excluding hydrogens is 376 g/mol. The van der Waals surface area contributed by atoms with E-state index in [1.54, 1.807) is 18.4 Å². The number of aromatic nitrogens is 2. The molecule has 146 valence electrons. The van der Waals surface area contributed by atoms with Crippen LogP contribution >= 0.6 is 11.3 Å². The Morgan fingerprint density at radius 2 is 2.21 bits per heavy atom. The fourth-order valence-electron chi connectivity index (χ4n) is 3.27. The van der Waals surface area contributed by atoms with E-state index in [0.29, 0.717) is 31.3 Å². The van der Waals surface area contributed by atoms with Crippen LogP contribution in [-0.4, -0.2) is 47.8 Å². The number of carbonyl (C=O) groups excluding carboxylic acids is 1. The van der Waals surface area contributed by atoms with Crippen molar-refractivity contribution in [3.63, 3.8) is 0 Å². The third-order valence-corrected chi connectivity index (χ3v) is 5.72. The van der Waals surface area contributed by atoms with E-state index in [2.05, 4.69) is 15.5 Å². The lowest BCUT2D eigenvalue weighted by atomic mass is 10.1. The first-order valence-electron chi connectivity index (χ1n) is 9.26. The predicted octanol–water partition coefficient (Wildman–Crippen LogP) is 3.55. The van der Waals surface area contributed by atoms with Gasteiger partial charge in [-0.1, -0.05) is 23.4 Å². The van der Waals surface area contributed by atoms with Gasteiger partial charge in [-0.2, -0.15) is 4.98 Å². The van der Waals surface area contributed by atoms with Crippen molar-refractivity contribution in [3.05, 3.63) is 53.2 Å². The van der Waals surface area contributed by atoms with Crippen LogP contribution in [0.25, 0.3) is 10.8 Å². The number of thiophene rings is 1. The molecule has 1 aromatic carbocycles. The van der Waals surface area contributed by atoms with Crippen molar-refractivity contribution in [1.82, 2.24) is 20.4 Å². The second-order valence-corrected chi connectivity index (χ2v) is 7.64. The molecule has 4 rings (SSSR count). The Labute approximate surface area is 167 Å². The van der Waals surface area contributed by atoms with E-state index >= 15 is 0 Å². The molecule has 0 saturated carbocycles. The van der Waals surface area contributed by atoms with E-state index in [0.717, 1.165) is 29.0 Å². The summed E-state index contributed by atoms with van der Waals surface area (Å²) in [6, 6.07) is 11.8. The molecular formula is C20H22N4O3S. The first kappa shape index (κ1) is 18.5. The van der Waals surface area contributed by atoms with E-state index in [9.17, 15) is 4.79 Å². The second-order valence-electron chi connectivity index (χ2n) is 6.70. The lowest BCUT2D eigenvalue weighted by molar-refractivity contribution is 0.208. The molecule has 0 spiro atoms. The fraction of sp³-hybridized carbons (Fsp3) is 0.350. The molecule has 1 unspecified atom stereocenters. The first-order chi connectivity index (χ1) is 13.7. The van der Waals surface area contributed by atoms with Crippen LogP contribution in [0.3, 0.4) is 0 Å². The molecule has 0 aliphatic carbocycles. The van der Waals surface area contributed by atoms with E-state index in [1.807, 2.05) is 46.7 Å². The molecule has 3 aromatic rings. The first-order valence-corrected chi connectivity index (χ1v) is 10.1. The molecule has 1 N–H and O–H groups in total. The largest absolute Gasteiger partial charge is 0.497 e. The second kappa shape index (κ2) is 8.43. The monoisotopic (exact) mass is 398 g/mol. The van der Waals surface area contributed by atoms with Gasteiger partial charge in [0.25, 0.3) is 5.89 Å². The zero-order valence-corrected chi connectivity index (χ0v) is 16.4. The zero-order chi connectivity index (χ0) is 19.3. The smallest absolute Gasteiger partial charge is 0.317 e. The summed E-state index contributed by atoms with van der Waals surface area (Å²) in [5, 5.41) is 9.09. The highest BCUT2D eigenvalue weighted by Gasteiger charge is 2.30. The SMILES string of the molecule is COc1ccc(CCNC(=O)N2CCC(c3noc(-c4cccs4)n3)C2)cc1. The Balaban J connectivity index is 1.26. The predicted molar refractivity (Wildman–Crippen MR) is 107 cm³/mol. The van der Waals surface area contributed by atoms with Crippen LogP contribution in [0.5, 0.6) is 5.75 Å². The molecule has 0 bridgehead atoms. The summed E-state index contributed by atoms with van der Waals surface area (Å²) in [4.78, 5) is 19.7. The van der Waals surface area contributed by atoms with Gasteiger partial charge in [-0.15, -0.1) is 11.3 Å². The number of carbonyl (C=O) groups is 1. The maximum Gasteiger partial charge on any atom is 0.317 e. The topological polar surface area (TPSA) is 80.5 Å². The van der Waals surface area contributed by atoms with Gasteiger partial charge in [0.2, 0.25) is 0 Å². The number of likely N-dealkylation sites (tertiary alicyclic amines) is 1. The number of hydrogen-bond donors (Lipinski definition) is 1. The summed E-state index contributed by atoms with van der Waals surface area (Å²) in [5.41, 5.74) is 1.16. The summed E-state index contributed by atoms with van der Waals surface area (Å²) in [6.07, 6.45) is 1.62. The van der Waals surface area contributed by atoms with Crippen LogP contribution in [0.15, 0.2) is 46.3 Å². The quantitative estimate of drug-likeness (QED) is 0.687.